The average molecular weight is 305 g/mol. The molecular formula is C11H19N3O3S2. The molecule has 1 atom stereocenters. The van der Waals surface area contributed by atoms with Gasteiger partial charge in [-0.15, -0.1) is 0 Å². The van der Waals surface area contributed by atoms with Crippen LogP contribution in [0.4, 0.5) is 5.69 Å². The maximum Gasteiger partial charge on any atom is 0.244 e. The van der Waals surface area contributed by atoms with E-state index < -0.39 is 20.8 Å². The first-order valence-corrected chi connectivity index (χ1v) is 9.16. The van der Waals surface area contributed by atoms with E-state index in [1.165, 1.54) is 18.6 Å². The predicted molar refractivity (Wildman–Crippen MR) is 77.1 cm³/mol. The van der Waals surface area contributed by atoms with Crippen LogP contribution in [0.15, 0.2) is 23.4 Å². The summed E-state index contributed by atoms with van der Waals surface area (Å²) in [5, 5.41) is 3.05. The van der Waals surface area contributed by atoms with Gasteiger partial charge in [-0.05, 0) is 12.5 Å². The lowest BCUT2D eigenvalue weighted by molar-refractivity contribution is 0.584. The van der Waals surface area contributed by atoms with Gasteiger partial charge < -0.3 is 5.32 Å². The Hall–Kier alpha value is -0.990. The zero-order valence-electron chi connectivity index (χ0n) is 11.0. The number of hydrogen-bond acceptors (Lipinski definition) is 5. The van der Waals surface area contributed by atoms with E-state index in [1.54, 1.807) is 6.07 Å². The van der Waals surface area contributed by atoms with E-state index in [9.17, 15) is 12.6 Å². The van der Waals surface area contributed by atoms with E-state index in [0.717, 1.165) is 6.42 Å². The Balaban J connectivity index is 2.84. The Morgan fingerprint density at radius 3 is 2.74 bits per heavy atom. The van der Waals surface area contributed by atoms with Crippen molar-refractivity contribution in [1.29, 1.82) is 0 Å². The Morgan fingerprint density at radius 1 is 1.37 bits per heavy atom. The second-order valence-corrected chi connectivity index (χ2v) is 7.26. The van der Waals surface area contributed by atoms with Crippen LogP contribution in [-0.4, -0.2) is 42.7 Å². The second kappa shape index (κ2) is 7.56. The predicted octanol–water partition coefficient (Wildman–Crippen LogP) is 0.560. The minimum atomic E-state index is -3.63. The van der Waals surface area contributed by atoms with Gasteiger partial charge in [-0.1, -0.05) is 6.92 Å². The number of anilines is 1. The van der Waals surface area contributed by atoms with Crippen molar-refractivity contribution in [3.63, 3.8) is 0 Å². The number of hydrogen-bond donors (Lipinski definition) is 2. The molecule has 0 aliphatic rings. The molecule has 0 aliphatic carbocycles. The van der Waals surface area contributed by atoms with E-state index in [2.05, 4.69) is 15.0 Å². The van der Waals surface area contributed by atoms with Gasteiger partial charge in [0, 0.05) is 48.3 Å². The van der Waals surface area contributed by atoms with Crippen LogP contribution in [0.25, 0.3) is 0 Å². The summed E-state index contributed by atoms with van der Waals surface area (Å²) in [7, 11) is -4.65. The first-order valence-electron chi connectivity index (χ1n) is 5.95. The van der Waals surface area contributed by atoms with Gasteiger partial charge in [-0.2, -0.15) is 0 Å². The third-order valence-electron chi connectivity index (χ3n) is 2.32. The van der Waals surface area contributed by atoms with Crippen molar-refractivity contribution in [2.75, 3.05) is 30.4 Å². The highest BCUT2D eigenvalue weighted by Gasteiger charge is 2.18. The molecule has 0 aliphatic heterocycles. The fraction of sp³-hybridized carbons (Fsp3) is 0.545. The first kappa shape index (κ1) is 16.1. The van der Waals surface area contributed by atoms with Crippen molar-refractivity contribution < 1.29 is 12.6 Å². The molecule has 2 N–H and O–H groups in total. The average Bonchev–Trinajstić information content (AvgIpc) is 2.36. The zero-order chi connectivity index (χ0) is 14.3. The highest BCUT2D eigenvalue weighted by atomic mass is 32.2. The van der Waals surface area contributed by atoms with Gasteiger partial charge in [0.05, 0.1) is 5.69 Å². The Kier molecular flexibility index (Phi) is 6.40. The van der Waals surface area contributed by atoms with Gasteiger partial charge in [-0.25, -0.2) is 13.1 Å². The van der Waals surface area contributed by atoms with Crippen LogP contribution < -0.4 is 10.0 Å². The van der Waals surface area contributed by atoms with Crippen LogP contribution >= 0.6 is 0 Å². The van der Waals surface area contributed by atoms with Crippen molar-refractivity contribution in [2.45, 2.75) is 18.2 Å². The van der Waals surface area contributed by atoms with Crippen LogP contribution in [0.2, 0.25) is 0 Å². The van der Waals surface area contributed by atoms with Gasteiger partial charge in [-0.3, -0.25) is 9.19 Å². The number of aromatic nitrogens is 1. The molecule has 1 heterocycles. The van der Waals surface area contributed by atoms with Gasteiger partial charge >= 0.3 is 0 Å². The van der Waals surface area contributed by atoms with Crippen LogP contribution in [0, 0.1) is 0 Å². The maximum absolute atomic E-state index is 12.1. The largest absolute Gasteiger partial charge is 0.384 e. The molecule has 1 unspecified atom stereocenters. The topological polar surface area (TPSA) is 88.2 Å². The third-order valence-corrected chi connectivity index (χ3v) is 4.59. The van der Waals surface area contributed by atoms with Crippen molar-refractivity contribution in [3.05, 3.63) is 18.5 Å². The Labute approximate surface area is 116 Å². The molecule has 0 amide bonds. The molecule has 1 aromatic heterocycles. The van der Waals surface area contributed by atoms with E-state index in [-0.39, 0.29) is 17.2 Å². The van der Waals surface area contributed by atoms with Crippen LogP contribution in [0.1, 0.15) is 13.3 Å². The van der Waals surface area contributed by atoms with Crippen molar-refractivity contribution in [3.8, 4) is 0 Å². The SMILES string of the molecule is CCCNc1ccncc1S(=O)(=O)NCCS(C)=O. The summed E-state index contributed by atoms with van der Waals surface area (Å²) in [5.41, 5.74) is 0.530. The lowest BCUT2D eigenvalue weighted by atomic mass is 10.4. The van der Waals surface area contributed by atoms with Crippen molar-refractivity contribution in [2.24, 2.45) is 0 Å². The lowest BCUT2D eigenvalue weighted by Gasteiger charge is -2.11. The smallest absolute Gasteiger partial charge is 0.244 e. The number of nitrogens with zero attached hydrogens (tertiary/aromatic N) is 1. The molecule has 6 nitrogen and oxygen atoms in total. The monoisotopic (exact) mass is 305 g/mol. The molecule has 0 aromatic carbocycles. The number of nitrogens with one attached hydrogen (secondary N) is 2. The summed E-state index contributed by atoms with van der Waals surface area (Å²) in [6.07, 6.45) is 5.28. The van der Waals surface area contributed by atoms with Crippen molar-refractivity contribution in [1.82, 2.24) is 9.71 Å². The minimum absolute atomic E-state index is 0.116. The quantitative estimate of drug-likeness (QED) is 0.733. The van der Waals surface area contributed by atoms with E-state index in [4.69, 9.17) is 0 Å². The molecule has 0 bridgehead atoms. The Bertz CT molecular complexity index is 532. The van der Waals surface area contributed by atoms with E-state index >= 15 is 0 Å². The summed E-state index contributed by atoms with van der Waals surface area (Å²) >= 11 is 0. The normalized spacial score (nSPS) is 13.2. The molecule has 0 fully saturated rings. The molecule has 0 radical (unpaired) electrons. The van der Waals surface area contributed by atoms with E-state index in [1.807, 2.05) is 6.92 Å². The van der Waals surface area contributed by atoms with Gasteiger partial charge in [0.2, 0.25) is 10.0 Å². The minimum Gasteiger partial charge on any atom is -0.384 e. The summed E-state index contributed by atoms with van der Waals surface area (Å²) in [5.74, 6) is 0.289. The molecule has 1 aromatic rings. The van der Waals surface area contributed by atoms with Gasteiger partial charge in [0.25, 0.3) is 0 Å². The number of rotatable bonds is 8. The van der Waals surface area contributed by atoms with Crippen molar-refractivity contribution >= 4 is 26.5 Å². The number of pyridine rings is 1. The zero-order valence-corrected chi connectivity index (χ0v) is 12.7. The fourth-order valence-electron chi connectivity index (χ4n) is 1.40. The van der Waals surface area contributed by atoms with E-state index in [0.29, 0.717) is 12.2 Å². The molecule has 0 spiro atoms. The van der Waals surface area contributed by atoms with Crippen LogP contribution in [-0.2, 0) is 20.8 Å². The molecule has 0 saturated heterocycles. The highest BCUT2D eigenvalue weighted by Crippen LogP contribution is 2.19. The van der Waals surface area contributed by atoms with Crippen LogP contribution in [0.3, 0.4) is 0 Å². The molecule has 108 valence electrons. The second-order valence-electron chi connectivity index (χ2n) is 3.97. The first-order chi connectivity index (χ1) is 8.97. The fourth-order valence-corrected chi connectivity index (χ4v) is 3.07. The maximum atomic E-state index is 12.1. The lowest BCUT2D eigenvalue weighted by Crippen LogP contribution is -2.28. The summed E-state index contributed by atoms with van der Waals surface area (Å²) in [6.45, 7) is 2.83. The molecular weight excluding hydrogens is 286 g/mol. The molecule has 0 saturated carbocycles. The third kappa shape index (κ3) is 5.25. The molecule has 1 rings (SSSR count). The standard InChI is InChI=1S/C11H19N3O3S2/c1-3-5-13-10-4-6-12-9-11(10)19(16,17)14-7-8-18(2)15/h4,6,9,14H,3,5,7-8H2,1-2H3,(H,12,13). The highest BCUT2D eigenvalue weighted by molar-refractivity contribution is 7.89. The van der Waals surface area contributed by atoms with Gasteiger partial charge in [0.15, 0.2) is 0 Å². The Morgan fingerprint density at radius 2 is 2.11 bits per heavy atom. The van der Waals surface area contributed by atoms with Gasteiger partial charge in [0.1, 0.15) is 4.90 Å². The summed E-state index contributed by atoms with van der Waals surface area (Å²) in [4.78, 5) is 3.96. The van der Waals surface area contributed by atoms with Crippen LogP contribution in [0.5, 0.6) is 0 Å². The number of sulfonamides is 1. The molecule has 19 heavy (non-hydrogen) atoms. The summed E-state index contributed by atoms with van der Waals surface area (Å²) in [6, 6.07) is 1.63. The summed E-state index contributed by atoms with van der Waals surface area (Å²) < 4.78 is 37.6. The molecule has 8 heteroatoms.